The normalized spacial score (nSPS) is 19.7. The summed E-state index contributed by atoms with van der Waals surface area (Å²) in [5.41, 5.74) is 10.3. The van der Waals surface area contributed by atoms with Gasteiger partial charge in [-0.05, 0) is 68.4 Å². The number of aromatic amines is 1. The molecule has 0 saturated carbocycles. The van der Waals surface area contributed by atoms with Crippen LogP contribution in [-0.2, 0) is 6.42 Å². The number of fused-ring (bicyclic) bond motifs is 2. The molecule has 0 spiro atoms. The molecule has 2 aromatic carbocycles. The number of methoxy groups -OCH3 is 1. The average Bonchev–Trinajstić information content (AvgIpc) is 3.52. The van der Waals surface area contributed by atoms with Crippen LogP contribution >= 0.6 is 0 Å². The minimum atomic E-state index is 0.0893. The Hall–Kier alpha value is -3.85. The highest BCUT2D eigenvalue weighted by Gasteiger charge is 2.26. The summed E-state index contributed by atoms with van der Waals surface area (Å²) in [5, 5.41) is 0. The summed E-state index contributed by atoms with van der Waals surface area (Å²) in [6.07, 6.45) is 3.61. The summed E-state index contributed by atoms with van der Waals surface area (Å²) in [6.45, 7) is 3.35. The van der Waals surface area contributed by atoms with Crippen LogP contribution in [0.25, 0.3) is 22.3 Å². The summed E-state index contributed by atoms with van der Waals surface area (Å²) in [5.74, 6) is 4.18. The number of nitrogens with one attached hydrogen (secondary N) is 1. The first-order chi connectivity index (χ1) is 17.6. The van der Waals surface area contributed by atoms with E-state index in [1.807, 2.05) is 36.4 Å². The molecular weight excluding hydrogens is 456 g/mol. The van der Waals surface area contributed by atoms with Gasteiger partial charge in [0.25, 0.3) is 0 Å². The Bertz CT molecular complexity index is 1400. The topological polar surface area (TPSA) is 111 Å². The van der Waals surface area contributed by atoms with Crippen LogP contribution in [0.5, 0.6) is 17.2 Å². The average molecular weight is 487 g/mol. The molecule has 0 aliphatic carbocycles. The minimum Gasteiger partial charge on any atom is -0.497 e. The van der Waals surface area contributed by atoms with Gasteiger partial charge in [-0.25, -0.2) is 15.0 Å². The molecule has 4 aromatic rings. The predicted molar refractivity (Wildman–Crippen MR) is 138 cm³/mol. The summed E-state index contributed by atoms with van der Waals surface area (Å²) < 4.78 is 17.9. The number of benzene rings is 2. The second-order valence-electron chi connectivity index (χ2n) is 9.71. The Kier molecular flexibility index (Phi) is 5.85. The SMILES string of the molecule is COc1ccc2c(c1)CC(c1nc3c(OCC4CCN(C)C4)cc(-c4ccnc(N)n4)cc3[nH]1)CO2. The van der Waals surface area contributed by atoms with Crippen molar-refractivity contribution in [1.82, 2.24) is 24.8 Å². The van der Waals surface area contributed by atoms with Gasteiger partial charge >= 0.3 is 0 Å². The molecule has 0 radical (unpaired) electrons. The Labute approximate surface area is 209 Å². The number of hydrogen-bond acceptors (Lipinski definition) is 8. The first kappa shape index (κ1) is 22.6. The van der Waals surface area contributed by atoms with Crippen LogP contribution in [0.2, 0.25) is 0 Å². The number of ether oxygens (including phenoxy) is 3. The Morgan fingerprint density at radius 2 is 2.11 bits per heavy atom. The number of H-pyrrole nitrogens is 1. The van der Waals surface area contributed by atoms with Crippen molar-refractivity contribution >= 4 is 17.0 Å². The van der Waals surface area contributed by atoms with E-state index >= 15 is 0 Å². The quantitative estimate of drug-likeness (QED) is 0.425. The van der Waals surface area contributed by atoms with Crippen molar-refractivity contribution in [3.05, 3.63) is 54.0 Å². The maximum atomic E-state index is 6.40. The van der Waals surface area contributed by atoms with Gasteiger partial charge in [0, 0.05) is 24.2 Å². The zero-order valence-corrected chi connectivity index (χ0v) is 20.5. The van der Waals surface area contributed by atoms with Gasteiger partial charge < -0.3 is 29.8 Å². The van der Waals surface area contributed by atoms with Crippen LogP contribution < -0.4 is 19.9 Å². The summed E-state index contributed by atoms with van der Waals surface area (Å²) >= 11 is 0. The number of nitrogens with zero attached hydrogens (tertiary/aromatic N) is 4. The molecule has 3 N–H and O–H groups in total. The van der Waals surface area contributed by atoms with Crippen molar-refractivity contribution in [3.8, 4) is 28.5 Å². The minimum absolute atomic E-state index is 0.0893. The zero-order valence-electron chi connectivity index (χ0n) is 20.5. The lowest BCUT2D eigenvalue weighted by Crippen LogP contribution is -2.20. The molecule has 6 rings (SSSR count). The summed E-state index contributed by atoms with van der Waals surface area (Å²) in [4.78, 5) is 19.3. The summed E-state index contributed by atoms with van der Waals surface area (Å²) in [7, 11) is 3.83. The highest BCUT2D eigenvalue weighted by atomic mass is 16.5. The van der Waals surface area contributed by atoms with E-state index in [0.29, 0.717) is 19.1 Å². The molecule has 2 aliphatic heterocycles. The summed E-state index contributed by atoms with van der Waals surface area (Å²) in [6, 6.07) is 11.8. The number of aromatic nitrogens is 4. The smallest absolute Gasteiger partial charge is 0.220 e. The van der Waals surface area contributed by atoms with Crippen molar-refractivity contribution in [2.75, 3.05) is 46.2 Å². The molecule has 2 atom stereocenters. The third-order valence-electron chi connectivity index (χ3n) is 7.06. The van der Waals surface area contributed by atoms with Crippen LogP contribution in [0.3, 0.4) is 0 Å². The molecule has 2 aromatic heterocycles. The maximum absolute atomic E-state index is 6.40. The van der Waals surface area contributed by atoms with E-state index in [1.54, 1.807) is 13.3 Å². The molecule has 186 valence electrons. The third-order valence-corrected chi connectivity index (χ3v) is 7.06. The number of likely N-dealkylation sites (tertiary alicyclic amines) is 1. The van der Waals surface area contributed by atoms with E-state index in [9.17, 15) is 0 Å². The van der Waals surface area contributed by atoms with Crippen molar-refractivity contribution in [3.63, 3.8) is 0 Å². The molecule has 36 heavy (non-hydrogen) atoms. The van der Waals surface area contributed by atoms with E-state index in [1.165, 1.54) is 0 Å². The van der Waals surface area contributed by atoms with Crippen molar-refractivity contribution in [2.24, 2.45) is 5.92 Å². The van der Waals surface area contributed by atoms with Gasteiger partial charge in [0.1, 0.15) is 28.6 Å². The van der Waals surface area contributed by atoms with Gasteiger partial charge in [0.05, 0.1) is 37.5 Å². The van der Waals surface area contributed by atoms with Crippen molar-refractivity contribution in [2.45, 2.75) is 18.8 Å². The number of imidazole rings is 1. The number of hydrogen-bond donors (Lipinski definition) is 2. The van der Waals surface area contributed by atoms with E-state index < -0.39 is 0 Å². The molecule has 9 nitrogen and oxygen atoms in total. The van der Waals surface area contributed by atoms with Crippen molar-refractivity contribution in [1.29, 1.82) is 0 Å². The standard InChI is InChI=1S/C27H30N6O3/c1-33-8-6-16(13-33)14-35-24-12-17(21-5-7-29-27(28)31-21)11-22-25(24)32-26(30-22)19-9-18-10-20(34-2)3-4-23(18)36-15-19/h3-5,7,10-12,16,19H,6,8-9,13-15H2,1-2H3,(H,30,32)(H2,28,29,31). The molecule has 2 aliphatic rings. The van der Waals surface area contributed by atoms with Crippen LogP contribution in [0.15, 0.2) is 42.6 Å². The zero-order chi connectivity index (χ0) is 24.6. The van der Waals surface area contributed by atoms with Gasteiger partial charge in [-0.2, -0.15) is 0 Å². The predicted octanol–water partition coefficient (Wildman–Crippen LogP) is 3.66. The molecule has 0 bridgehead atoms. The van der Waals surface area contributed by atoms with Gasteiger partial charge in [-0.1, -0.05) is 0 Å². The van der Waals surface area contributed by atoms with E-state index in [4.69, 9.17) is 24.9 Å². The van der Waals surface area contributed by atoms with E-state index in [-0.39, 0.29) is 11.9 Å². The number of nitrogens with two attached hydrogens (primary N) is 1. The molecule has 0 amide bonds. The lowest BCUT2D eigenvalue weighted by Gasteiger charge is -2.24. The number of anilines is 1. The Morgan fingerprint density at radius 3 is 2.92 bits per heavy atom. The lowest BCUT2D eigenvalue weighted by molar-refractivity contribution is 0.251. The Morgan fingerprint density at radius 1 is 1.19 bits per heavy atom. The van der Waals surface area contributed by atoms with Crippen LogP contribution in [0.1, 0.15) is 23.7 Å². The van der Waals surface area contributed by atoms with Crippen molar-refractivity contribution < 1.29 is 14.2 Å². The van der Waals surface area contributed by atoms with E-state index in [2.05, 4.69) is 26.9 Å². The maximum Gasteiger partial charge on any atom is 0.220 e. The van der Waals surface area contributed by atoms with E-state index in [0.717, 1.165) is 76.9 Å². The molecule has 9 heteroatoms. The van der Waals surface area contributed by atoms with Gasteiger partial charge in [0.2, 0.25) is 5.95 Å². The first-order valence-corrected chi connectivity index (χ1v) is 12.3. The van der Waals surface area contributed by atoms with Crippen LogP contribution in [0, 0.1) is 5.92 Å². The highest BCUT2D eigenvalue weighted by Crippen LogP contribution is 2.37. The fraction of sp³-hybridized carbons (Fsp3) is 0.370. The fourth-order valence-corrected chi connectivity index (χ4v) is 5.13. The number of rotatable bonds is 6. The lowest BCUT2D eigenvalue weighted by atomic mass is 9.96. The van der Waals surface area contributed by atoms with Gasteiger partial charge in [-0.15, -0.1) is 0 Å². The van der Waals surface area contributed by atoms with Crippen LogP contribution in [-0.4, -0.2) is 65.3 Å². The fourth-order valence-electron chi connectivity index (χ4n) is 5.13. The molecular formula is C27H30N6O3. The third kappa shape index (κ3) is 4.42. The second kappa shape index (κ2) is 9.31. The molecule has 2 unspecified atom stereocenters. The van der Waals surface area contributed by atoms with Gasteiger partial charge in [0.15, 0.2) is 0 Å². The largest absolute Gasteiger partial charge is 0.497 e. The Balaban J connectivity index is 1.35. The first-order valence-electron chi connectivity index (χ1n) is 12.3. The van der Waals surface area contributed by atoms with Crippen LogP contribution in [0.4, 0.5) is 5.95 Å². The monoisotopic (exact) mass is 486 g/mol. The molecule has 4 heterocycles. The second-order valence-corrected chi connectivity index (χ2v) is 9.71. The number of nitrogen functional groups attached to an aromatic ring is 1. The molecule has 1 fully saturated rings. The van der Waals surface area contributed by atoms with Gasteiger partial charge in [-0.3, -0.25) is 0 Å². The molecule has 1 saturated heterocycles. The highest BCUT2D eigenvalue weighted by molar-refractivity contribution is 5.87.